The summed E-state index contributed by atoms with van der Waals surface area (Å²) < 4.78 is 6.91. The maximum Gasteiger partial charge on any atom is 0.235 e. The minimum absolute atomic E-state index is 0.680. The maximum atomic E-state index is 5.49. The first-order valence-corrected chi connectivity index (χ1v) is 17.3. The van der Waals surface area contributed by atoms with Crippen molar-refractivity contribution in [3.05, 3.63) is 158 Å². The van der Waals surface area contributed by atoms with Crippen LogP contribution in [0.5, 0.6) is 0 Å². The SMILES string of the molecule is c1ccc(-n2c3ccccc3c3cc(-c4nc(-n5c6ccccc6c6ccccc65)nc5c4sc4cc6ccccc6cc45)ccc32)cc1. The van der Waals surface area contributed by atoms with Crippen LogP contribution >= 0.6 is 11.3 Å². The lowest BCUT2D eigenvalue weighted by Crippen LogP contribution is -2.02. The molecule has 11 rings (SSSR count). The van der Waals surface area contributed by atoms with Crippen LogP contribution in [0, 0.1) is 0 Å². The molecule has 0 spiro atoms. The molecule has 0 bridgehead atoms. The number of para-hydroxylation sites is 4. The van der Waals surface area contributed by atoms with Gasteiger partial charge in [0.15, 0.2) is 0 Å². The Kier molecular flexibility index (Phi) is 5.51. The molecule has 0 saturated carbocycles. The van der Waals surface area contributed by atoms with Crippen molar-refractivity contribution in [1.82, 2.24) is 19.1 Å². The number of hydrogen-bond donors (Lipinski definition) is 0. The molecular formula is C44H26N4S. The van der Waals surface area contributed by atoms with Crippen LogP contribution in [0.2, 0.25) is 0 Å². The molecule has 0 atom stereocenters. The van der Waals surface area contributed by atoms with Crippen molar-refractivity contribution in [3.63, 3.8) is 0 Å². The fourth-order valence-electron chi connectivity index (χ4n) is 7.73. The largest absolute Gasteiger partial charge is 0.309 e. The second kappa shape index (κ2) is 10.1. The Morgan fingerprint density at radius 3 is 1.71 bits per heavy atom. The maximum absolute atomic E-state index is 5.49. The van der Waals surface area contributed by atoms with Crippen LogP contribution < -0.4 is 0 Å². The van der Waals surface area contributed by atoms with Crippen molar-refractivity contribution in [2.24, 2.45) is 0 Å². The highest BCUT2D eigenvalue weighted by molar-refractivity contribution is 7.26. The van der Waals surface area contributed by atoms with E-state index >= 15 is 0 Å². The number of hydrogen-bond acceptors (Lipinski definition) is 3. The van der Waals surface area contributed by atoms with E-state index in [0.29, 0.717) is 5.95 Å². The van der Waals surface area contributed by atoms with Gasteiger partial charge in [-0.05, 0) is 65.4 Å². The standard InChI is InChI=1S/C44H26N4S/c1-2-14-30(15-3-1)47-36-19-9-8-18-33(36)34-25-29(22-23-39(34)47)41-43-42(35-24-27-12-4-5-13-28(27)26-40(35)49-43)46-44(45-41)48-37-20-10-6-16-31(37)32-17-7-11-21-38(32)48/h1-26H. The van der Waals surface area contributed by atoms with Gasteiger partial charge in [-0.15, -0.1) is 11.3 Å². The Balaban J connectivity index is 1.26. The smallest absolute Gasteiger partial charge is 0.235 e. The molecule has 0 N–H and O–H groups in total. The second-order valence-electron chi connectivity index (χ2n) is 12.6. The summed E-state index contributed by atoms with van der Waals surface area (Å²) in [5.74, 6) is 0.680. The Hall–Kier alpha value is -6.30. The molecule has 0 aliphatic heterocycles. The lowest BCUT2D eigenvalue weighted by Gasteiger charge is -2.11. The molecule has 5 heteroatoms. The zero-order valence-corrected chi connectivity index (χ0v) is 27.0. The van der Waals surface area contributed by atoms with Crippen molar-refractivity contribution < 1.29 is 0 Å². The van der Waals surface area contributed by atoms with E-state index in [0.717, 1.165) is 43.6 Å². The Morgan fingerprint density at radius 1 is 0.429 bits per heavy atom. The van der Waals surface area contributed by atoms with Crippen molar-refractivity contribution in [2.75, 3.05) is 0 Å². The first-order chi connectivity index (χ1) is 24.3. The molecule has 0 radical (unpaired) electrons. The van der Waals surface area contributed by atoms with Crippen molar-refractivity contribution in [1.29, 1.82) is 0 Å². The molecule has 11 aromatic rings. The number of benzene rings is 7. The molecule has 0 fully saturated rings. The second-order valence-corrected chi connectivity index (χ2v) is 13.7. The average Bonchev–Trinajstić information content (AvgIpc) is 3.81. The topological polar surface area (TPSA) is 35.6 Å². The third-order valence-electron chi connectivity index (χ3n) is 9.91. The summed E-state index contributed by atoms with van der Waals surface area (Å²) >= 11 is 1.78. The first-order valence-electron chi connectivity index (χ1n) is 16.5. The molecule has 0 aliphatic carbocycles. The number of thiophene rings is 1. The van der Waals surface area contributed by atoms with E-state index in [2.05, 4.69) is 167 Å². The van der Waals surface area contributed by atoms with Crippen LogP contribution in [0.1, 0.15) is 0 Å². The summed E-state index contributed by atoms with van der Waals surface area (Å²) in [6, 6.07) is 56.4. The van der Waals surface area contributed by atoms with Gasteiger partial charge in [0.1, 0.15) is 0 Å². The monoisotopic (exact) mass is 642 g/mol. The molecule has 7 aromatic carbocycles. The minimum atomic E-state index is 0.680. The lowest BCUT2D eigenvalue weighted by atomic mass is 10.1. The fourth-order valence-corrected chi connectivity index (χ4v) is 8.91. The summed E-state index contributed by atoms with van der Waals surface area (Å²) in [7, 11) is 0. The van der Waals surface area contributed by atoms with Crippen LogP contribution in [-0.2, 0) is 0 Å². The summed E-state index contributed by atoms with van der Waals surface area (Å²) in [5, 5.41) is 8.41. The molecule has 0 saturated heterocycles. The number of nitrogens with zero attached hydrogens (tertiary/aromatic N) is 4. The quantitative estimate of drug-likeness (QED) is 0.192. The zero-order valence-electron chi connectivity index (χ0n) is 26.2. The Morgan fingerprint density at radius 2 is 1.00 bits per heavy atom. The van der Waals surface area contributed by atoms with Gasteiger partial charge >= 0.3 is 0 Å². The van der Waals surface area contributed by atoms with Crippen LogP contribution in [0.3, 0.4) is 0 Å². The van der Waals surface area contributed by atoms with Gasteiger partial charge in [-0.1, -0.05) is 103 Å². The average molecular weight is 643 g/mol. The molecule has 4 aromatic heterocycles. The van der Waals surface area contributed by atoms with Crippen LogP contribution in [0.25, 0.3) is 97.6 Å². The normalized spacial score (nSPS) is 12.1. The van der Waals surface area contributed by atoms with E-state index in [1.54, 1.807) is 11.3 Å². The fraction of sp³-hybridized carbons (Fsp3) is 0. The molecular weight excluding hydrogens is 617 g/mol. The summed E-state index contributed by atoms with van der Waals surface area (Å²) in [6.45, 7) is 0. The van der Waals surface area contributed by atoms with Gasteiger partial charge in [0, 0.05) is 42.9 Å². The summed E-state index contributed by atoms with van der Waals surface area (Å²) in [6.07, 6.45) is 0. The third-order valence-corrected chi connectivity index (χ3v) is 11.1. The predicted molar refractivity (Wildman–Crippen MR) is 207 cm³/mol. The molecule has 228 valence electrons. The van der Waals surface area contributed by atoms with Gasteiger partial charge in [0.25, 0.3) is 0 Å². The van der Waals surface area contributed by atoms with Gasteiger partial charge in [-0.2, -0.15) is 0 Å². The van der Waals surface area contributed by atoms with Gasteiger partial charge in [-0.3, -0.25) is 4.57 Å². The van der Waals surface area contributed by atoms with Crippen LogP contribution in [0.4, 0.5) is 0 Å². The van der Waals surface area contributed by atoms with Gasteiger partial charge in [0.2, 0.25) is 5.95 Å². The molecule has 0 aliphatic rings. The van der Waals surface area contributed by atoms with E-state index in [9.17, 15) is 0 Å². The van der Waals surface area contributed by atoms with E-state index in [-0.39, 0.29) is 0 Å². The Bertz CT molecular complexity index is 3060. The summed E-state index contributed by atoms with van der Waals surface area (Å²) in [5.41, 5.74) is 8.72. The number of aromatic nitrogens is 4. The van der Waals surface area contributed by atoms with Gasteiger partial charge < -0.3 is 4.57 Å². The minimum Gasteiger partial charge on any atom is -0.309 e. The molecule has 0 unspecified atom stereocenters. The number of rotatable bonds is 3. The van der Waals surface area contributed by atoms with E-state index in [4.69, 9.17) is 9.97 Å². The van der Waals surface area contributed by atoms with Crippen molar-refractivity contribution in [2.45, 2.75) is 0 Å². The van der Waals surface area contributed by atoms with E-state index in [1.165, 1.54) is 48.1 Å². The van der Waals surface area contributed by atoms with Crippen LogP contribution in [-0.4, -0.2) is 19.1 Å². The van der Waals surface area contributed by atoms with Gasteiger partial charge in [-0.25, -0.2) is 9.97 Å². The Labute approximate surface area is 284 Å². The third kappa shape index (κ3) is 3.85. The molecule has 4 nitrogen and oxygen atoms in total. The highest BCUT2D eigenvalue weighted by Crippen LogP contribution is 2.43. The van der Waals surface area contributed by atoms with Crippen molar-refractivity contribution in [3.8, 4) is 22.9 Å². The highest BCUT2D eigenvalue weighted by atomic mass is 32.1. The lowest BCUT2D eigenvalue weighted by molar-refractivity contribution is 1.02. The zero-order chi connectivity index (χ0) is 32.1. The van der Waals surface area contributed by atoms with Gasteiger partial charge in [0.05, 0.1) is 38.0 Å². The number of fused-ring (bicyclic) bond motifs is 10. The first kappa shape index (κ1) is 26.7. The summed E-state index contributed by atoms with van der Waals surface area (Å²) in [4.78, 5) is 10.9. The highest BCUT2D eigenvalue weighted by Gasteiger charge is 2.21. The van der Waals surface area contributed by atoms with E-state index < -0.39 is 0 Å². The molecule has 0 amide bonds. The van der Waals surface area contributed by atoms with Crippen LogP contribution in [0.15, 0.2) is 158 Å². The van der Waals surface area contributed by atoms with E-state index in [1.807, 2.05) is 0 Å². The predicted octanol–water partition coefficient (Wildman–Crippen LogP) is 11.9. The van der Waals surface area contributed by atoms with Crippen molar-refractivity contribution >= 4 is 86.0 Å². The molecule has 4 heterocycles. The molecule has 49 heavy (non-hydrogen) atoms.